The highest BCUT2D eigenvalue weighted by Crippen LogP contribution is 2.30. The molecule has 3 nitrogen and oxygen atoms in total. The Labute approximate surface area is 167 Å². The van der Waals surface area contributed by atoms with Gasteiger partial charge in [-0.3, -0.25) is 0 Å². The molecule has 0 saturated heterocycles. The molecular weight excluding hydrogens is 399 g/mol. The number of hydrogen-bond acceptors (Lipinski definition) is 3. The van der Waals surface area contributed by atoms with Crippen molar-refractivity contribution >= 4 is 21.9 Å². The van der Waals surface area contributed by atoms with Crippen molar-refractivity contribution in [2.24, 2.45) is 0 Å². The zero-order valence-corrected chi connectivity index (χ0v) is 16.2. The first-order chi connectivity index (χ1) is 13.8. The van der Waals surface area contributed by atoms with Crippen LogP contribution in [0.5, 0.6) is 0 Å². The first kappa shape index (κ1) is 19.4. The number of fused-ring (bicyclic) bond motifs is 1. The van der Waals surface area contributed by atoms with Gasteiger partial charge < -0.3 is 4.42 Å². The minimum atomic E-state index is -4.40. The molecule has 0 saturated carbocycles. The summed E-state index contributed by atoms with van der Waals surface area (Å²) in [7, 11) is -1.61. The molecule has 1 heterocycles. The van der Waals surface area contributed by atoms with Gasteiger partial charge in [0.05, 0.1) is 11.3 Å². The molecule has 0 aliphatic carbocycles. The van der Waals surface area contributed by atoms with Crippen LogP contribution in [0, 0.1) is 6.92 Å². The molecule has 0 amide bonds. The molecule has 3 aromatic carbocycles. The van der Waals surface area contributed by atoms with E-state index in [0.717, 1.165) is 28.8 Å². The summed E-state index contributed by atoms with van der Waals surface area (Å²) in [6, 6.07) is 18.2. The molecule has 1 aromatic heterocycles. The zero-order valence-electron chi connectivity index (χ0n) is 15.4. The number of benzene rings is 3. The van der Waals surface area contributed by atoms with Crippen molar-refractivity contribution in [1.29, 1.82) is 0 Å². The Bertz CT molecular complexity index is 1200. The topological polar surface area (TPSA) is 43.1 Å². The van der Waals surface area contributed by atoms with Gasteiger partial charge in [-0.05, 0) is 47.9 Å². The van der Waals surface area contributed by atoms with Crippen LogP contribution < -0.4 is 0 Å². The minimum absolute atomic E-state index is 0.0235. The Morgan fingerprint density at radius 2 is 1.69 bits per heavy atom. The van der Waals surface area contributed by atoms with Gasteiger partial charge in [0.15, 0.2) is 5.58 Å². The summed E-state index contributed by atoms with van der Waals surface area (Å²) >= 11 is 0. The molecule has 0 aliphatic heterocycles. The Hall–Kier alpha value is -2.93. The predicted molar refractivity (Wildman–Crippen MR) is 106 cm³/mol. The van der Waals surface area contributed by atoms with E-state index >= 15 is 0 Å². The summed E-state index contributed by atoms with van der Waals surface area (Å²) in [5.74, 6) is 0.0235. The number of rotatable bonds is 4. The summed E-state index contributed by atoms with van der Waals surface area (Å²) < 4.78 is 56.2. The average Bonchev–Trinajstić information content (AvgIpc) is 3.11. The lowest BCUT2D eigenvalue weighted by Gasteiger charge is -2.06. The van der Waals surface area contributed by atoms with Crippen molar-refractivity contribution in [3.63, 3.8) is 0 Å². The summed E-state index contributed by atoms with van der Waals surface area (Å²) in [6.07, 6.45) is -4.40. The lowest BCUT2D eigenvalue weighted by atomic mass is 10.0. The third kappa shape index (κ3) is 4.24. The van der Waals surface area contributed by atoms with Crippen molar-refractivity contribution in [3.05, 3.63) is 83.4 Å². The van der Waals surface area contributed by atoms with Gasteiger partial charge in [-0.15, -0.1) is 0 Å². The van der Waals surface area contributed by atoms with Gasteiger partial charge in [-0.25, -0.2) is 9.19 Å². The second-order valence-electron chi connectivity index (χ2n) is 6.72. The molecule has 1 atom stereocenters. The lowest BCUT2D eigenvalue weighted by molar-refractivity contribution is -0.137. The van der Waals surface area contributed by atoms with Crippen LogP contribution in [0.25, 0.3) is 22.2 Å². The third-order valence-corrected chi connectivity index (χ3v) is 5.65. The number of aryl methyl sites for hydroxylation is 1. The maximum absolute atomic E-state index is 12.7. The number of nitrogens with zero attached hydrogens (tertiary/aromatic N) is 1. The lowest BCUT2D eigenvalue weighted by Crippen LogP contribution is -2.05. The minimum Gasteiger partial charge on any atom is -0.430 e. The van der Waals surface area contributed by atoms with Gasteiger partial charge in [0.1, 0.15) is 16.3 Å². The van der Waals surface area contributed by atoms with E-state index in [1.807, 2.05) is 37.3 Å². The highest BCUT2D eigenvalue weighted by Gasteiger charge is 2.30. The van der Waals surface area contributed by atoms with Crippen molar-refractivity contribution in [2.75, 3.05) is 0 Å². The molecule has 4 aromatic rings. The van der Waals surface area contributed by atoms with Crippen molar-refractivity contribution in [1.82, 2.24) is 4.98 Å². The van der Waals surface area contributed by atoms with Crippen LogP contribution in [0.15, 0.2) is 76.4 Å². The largest absolute Gasteiger partial charge is 0.430 e. The van der Waals surface area contributed by atoms with E-state index in [9.17, 15) is 17.4 Å². The maximum Gasteiger partial charge on any atom is 0.416 e. The van der Waals surface area contributed by atoms with Crippen LogP contribution in [0.4, 0.5) is 13.2 Å². The van der Waals surface area contributed by atoms with Gasteiger partial charge in [-0.1, -0.05) is 48.0 Å². The van der Waals surface area contributed by atoms with E-state index < -0.39 is 22.5 Å². The molecule has 0 bridgehead atoms. The highest BCUT2D eigenvalue weighted by atomic mass is 32.2. The monoisotopic (exact) mass is 415 g/mol. The molecule has 0 spiro atoms. The number of aromatic nitrogens is 1. The molecule has 0 radical (unpaired) electrons. The van der Waals surface area contributed by atoms with Crippen LogP contribution in [-0.2, 0) is 22.7 Å². The first-order valence-corrected chi connectivity index (χ1v) is 10.1. The number of alkyl halides is 3. The number of halogens is 3. The Balaban J connectivity index is 1.57. The fourth-order valence-corrected chi connectivity index (χ4v) is 4.01. The third-order valence-electron chi connectivity index (χ3n) is 4.49. The summed E-state index contributed by atoms with van der Waals surface area (Å²) in [4.78, 5) is 4.33. The quantitative estimate of drug-likeness (QED) is 0.403. The highest BCUT2D eigenvalue weighted by molar-refractivity contribution is 7.84. The number of oxazole rings is 1. The van der Waals surface area contributed by atoms with Gasteiger partial charge in [0, 0.05) is 0 Å². The summed E-state index contributed by atoms with van der Waals surface area (Å²) in [5.41, 5.74) is 4.02. The van der Waals surface area contributed by atoms with Crippen LogP contribution in [0.2, 0.25) is 0 Å². The molecule has 29 heavy (non-hydrogen) atoms. The summed E-state index contributed by atoms with van der Waals surface area (Å²) in [6.45, 7) is 2.01. The predicted octanol–water partition coefficient (Wildman–Crippen LogP) is 6.13. The molecule has 7 heteroatoms. The molecule has 148 valence electrons. The molecule has 0 N–H and O–H groups in total. The smallest absolute Gasteiger partial charge is 0.416 e. The maximum atomic E-state index is 12.7. The van der Waals surface area contributed by atoms with E-state index in [2.05, 4.69) is 11.1 Å². The van der Waals surface area contributed by atoms with Crippen LogP contribution >= 0.6 is 0 Å². The standard InChI is InChI=1S/C22H16F3NO2S/c1-14-3-2-4-16(11-14)17-7-10-20-19(12-17)26-21(28-20)29(27)13-15-5-8-18(9-6-15)22(23,24)25/h2-12H,13H2,1H3. The molecular formula is C22H16F3NO2S. The normalized spacial score (nSPS) is 13.0. The summed E-state index contributed by atoms with van der Waals surface area (Å²) in [5, 5.41) is 0.0568. The zero-order chi connectivity index (χ0) is 20.6. The van der Waals surface area contributed by atoms with Gasteiger partial charge >= 0.3 is 6.18 Å². The number of hydrogen-bond donors (Lipinski definition) is 0. The van der Waals surface area contributed by atoms with E-state index in [4.69, 9.17) is 4.42 Å². The van der Waals surface area contributed by atoms with Gasteiger partial charge in [-0.2, -0.15) is 13.2 Å². The fourth-order valence-electron chi connectivity index (χ4n) is 3.01. The molecule has 0 fully saturated rings. The molecule has 1 unspecified atom stereocenters. The van der Waals surface area contributed by atoms with E-state index in [1.165, 1.54) is 12.1 Å². The van der Waals surface area contributed by atoms with Gasteiger partial charge in [0.2, 0.25) is 0 Å². The average molecular weight is 415 g/mol. The van der Waals surface area contributed by atoms with E-state index in [0.29, 0.717) is 16.7 Å². The Morgan fingerprint density at radius 1 is 0.966 bits per heavy atom. The Kier molecular flexibility index (Phi) is 5.00. The van der Waals surface area contributed by atoms with Crippen molar-refractivity contribution in [3.8, 4) is 11.1 Å². The van der Waals surface area contributed by atoms with Crippen LogP contribution in [0.3, 0.4) is 0 Å². The van der Waals surface area contributed by atoms with E-state index in [1.54, 1.807) is 6.07 Å². The second kappa shape index (κ2) is 7.48. The molecule has 0 aliphatic rings. The fraction of sp³-hybridized carbons (Fsp3) is 0.136. The second-order valence-corrected chi connectivity index (χ2v) is 8.05. The van der Waals surface area contributed by atoms with Crippen LogP contribution in [-0.4, -0.2) is 9.19 Å². The van der Waals surface area contributed by atoms with E-state index in [-0.39, 0.29) is 11.0 Å². The van der Waals surface area contributed by atoms with Crippen molar-refractivity contribution in [2.45, 2.75) is 24.1 Å². The van der Waals surface area contributed by atoms with Crippen molar-refractivity contribution < 1.29 is 21.8 Å². The van der Waals surface area contributed by atoms with Crippen LogP contribution in [0.1, 0.15) is 16.7 Å². The Morgan fingerprint density at radius 3 is 2.38 bits per heavy atom. The SMILES string of the molecule is Cc1cccc(-c2ccc3oc(S(=O)Cc4ccc(C(F)(F)F)cc4)nc3c2)c1. The first-order valence-electron chi connectivity index (χ1n) is 8.82. The molecule has 4 rings (SSSR count). The van der Waals surface area contributed by atoms with Gasteiger partial charge in [0.25, 0.3) is 5.22 Å².